The van der Waals surface area contributed by atoms with E-state index >= 15 is 0 Å². The average Bonchev–Trinajstić information content (AvgIpc) is 2.91. The number of benzene rings is 4. The van der Waals surface area contributed by atoms with Gasteiger partial charge in [-0.1, -0.05) is 109 Å². The van der Waals surface area contributed by atoms with Crippen LogP contribution in [0.1, 0.15) is 31.8 Å². The quantitative estimate of drug-likeness (QED) is 0.373. The molecule has 34 heavy (non-hydrogen) atoms. The topological polar surface area (TPSA) is 49.4 Å². The minimum absolute atomic E-state index is 0.0504. The summed E-state index contributed by atoms with van der Waals surface area (Å²) in [5, 5.41) is 3.08. The van der Waals surface area contributed by atoms with E-state index in [2.05, 4.69) is 17.4 Å². The van der Waals surface area contributed by atoms with Gasteiger partial charge in [0.25, 0.3) is 5.91 Å². The zero-order valence-corrected chi connectivity index (χ0v) is 19.8. The maximum absolute atomic E-state index is 12.1. The lowest BCUT2D eigenvalue weighted by Crippen LogP contribution is -2.26. The second-order valence-corrected chi connectivity index (χ2v) is 7.56. The van der Waals surface area contributed by atoms with Gasteiger partial charge in [-0.05, 0) is 30.3 Å². The molecule has 0 heterocycles. The van der Waals surface area contributed by atoms with E-state index in [-0.39, 0.29) is 5.91 Å². The highest BCUT2D eigenvalue weighted by atomic mass is 16.2. The molecule has 0 radical (unpaired) electrons. The highest BCUT2D eigenvalue weighted by molar-refractivity contribution is 5.93. The van der Waals surface area contributed by atoms with Crippen molar-refractivity contribution < 1.29 is 9.59 Å². The zero-order chi connectivity index (χ0) is 24.4. The van der Waals surface area contributed by atoms with E-state index in [1.165, 1.54) is 5.56 Å². The van der Waals surface area contributed by atoms with Crippen LogP contribution < -0.4 is 5.32 Å². The van der Waals surface area contributed by atoms with Gasteiger partial charge in [0.15, 0.2) is 0 Å². The van der Waals surface area contributed by atoms with E-state index in [0.29, 0.717) is 6.54 Å². The van der Waals surface area contributed by atoms with Crippen molar-refractivity contribution in [3.8, 4) is 0 Å². The number of nitrogens with one attached hydrogen (secondary N) is 1. The summed E-state index contributed by atoms with van der Waals surface area (Å²) < 4.78 is 0. The summed E-state index contributed by atoms with van der Waals surface area (Å²) in [6, 6.07) is 38.8. The minimum atomic E-state index is 0.0504. The molecule has 0 bridgehead atoms. The Morgan fingerprint density at radius 1 is 0.706 bits per heavy atom. The van der Waals surface area contributed by atoms with Gasteiger partial charge in [-0.25, -0.2) is 0 Å². The molecule has 0 fully saturated rings. The third-order valence-electron chi connectivity index (χ3n) is 4.79. The maximum atomic E-state index is 12.1. The molecule has 4 aromatic rings. The fourth-order valence-electron chi connectivity index (χ4n) is 3.06. The van der Waals surface area contributed by atoms with E-state index in [4.69, 9.17) is 0 Å². The van der Waals surface area contributed by atoms with Crippen molar-refractivity contribution in [2.75, 3.05) is 14.1 Å². The smallest absolute Gasteiger partial charge is 0.253 e. The Labute approximate surface area is 202 Å². The van der Waals surface area contributed by atoms with E-state index in [1.54, 1.807) is 17.0 Å². The Bertz CT molecular complexity index is 1070. The van der Waals surface area contributed by atoms with Crippen LogP contribution in [0.3, 0.4) is 0 Å². The molecular formula is C30H32N2O2. The van der Waals surface area contributed by atoms with Gasteiger partial charge >= 0.3 is 0 Å². The number of nitrogens with zero attached hydrogens (tertiary/aromatic N) is 1. The van der Waals surface area contributed by atoms with E-state index in [1.807, 2.05) is 111 Å². The molecule has 0 saturated carbocycles. The molecule has 0 saturated heterocycles. The fraction of sp³-hybridized carbons (Fsp3) is 0.133. The summed E-state index contributed by atoms with van der Waals surface area (Å²) >= 11 is 0. The molecular weight excluding hydrogens is 420 g/mol. The Hall–Kier alpha value is -4.02. The lowest BCUT2D eigenvalue weighted by atomic mass is 10.1. The standard InChI is InChI=1S/C15H15NO.C8H11N.C7H6O/c1-16(12-13-8-4-2-5-9-13)15(17)14-10-6-3-7-11-14;1-9-7-8-5-3-2-4-6-8;8-6-7-4-2-1-3-5-7/h2-11H,12H2,1H3;2-6,9H,7H2,1H3;1-6H. The van der Waals surface area contributed by atoms with Crippen LogP contribution in [0.2, 0.25) is 0 Å². The predicted molar refractivity (Wildman–Crippen MR) is 140 cm³/mol. The second kappa shape index (κ2) is 15.7. The SMILES string of the molecule is CN(Cc1ccccc1)C(=O)c1ccccc1.CNCc1ccccc1.O=Cc1ccccc1. The molecule has 0 aromatic heterocycles. The first-order valence-electron chi connectivity index (χ1n) is 11.2. The first-order valence-corrected chi connectivity index (χ1v) is 11.2. The van der Waals surface area contributed by atoms with Crippen molar-refractivity contribution in [2.24, 2.45) is 0 Å². The van der Waals surface area contributed by atoms with Crippen LogP contribution in [0.5, 0.6) is 0 Å². The van der Waals surface area contributed by atoms with Crippen molar-refractivity contribution in [3.05, 3.63) is 144 Å². The molecule has 0 unspecified atom stereocenters. The summed E-state index contributed by atoms with van der Waals surface area (Å²) in [5.74, 6) is 0.0504. The van der Waals surface area contributed by atoms with Crippen LogP contribution in [0.15, 0.2) is 121 Å². The number of aldehydes is 1. The van der Waals surface area contributed by atoms with E-state index < -0.39 is 0 Å². The van der Waals surface area contributed by atoms with Crippen LogP contribution in [-0.4, -0.2) is 31.2 Å². The number of carbonyl (C=O) groups excluding carboxylic acids is 2. The highest BCUT2D eigenvalue weighted by Crippen LogP contribution is 2.07. The molecule has 4 rings (SSSR count). The molecule has 4 heteroatoms. The van der Waals surface area contributed by atoms with Gasteiger partial charge < -0.3 is 10.2 Å². The summed E-state index contributed by atoms with van der Waals surface area (Å²) in [6.07, 6.45) is 0.833. The van der Waals surface area contributed by atoms with E-state index in [0.717, 1.165) is 29.5 Å². The number of carbonyl (C=O) groups is 2. The molecule has 0 aliphatic rings. The average molecular weight is 453 g/mol. The van der Waals surface area contributed by atoms with Crippen molar-refractivity contribution in [2.45, 2.75) is 13.1 Å². The van der Waals surface area contributed by atoms with Crippen molar-refractivity contribution in [3.63, 3.8) is 0 Å². The van der Waals surface area contributed by atoms with Crippen molar-refractivity contribution in [1.82, 2.24) is 10.2 Å². The first kappa shape index (κ1) is 26.2. The van der Waals surface area contributed by atoms with Crippen LogP contribution in [0.4, 0.5) is 0 Å². The molecule has 1 N–H and O–H groups in total. The Balaban J connectivity index is 0.000000201. The molecule has 1 amide bonds. The summed E-state index contributed by atoms with van der Waals surface area (Å²) in [5.41, 5.74) is 3.93. The number of rotatable bonds is 6. The zero-order valence-electron chi connectivity index (χ0n) is 19.8. The fourth-order valence-corrected chi connectivity index (χ4v) is 3.06. The second-order valence-electron chi connectivity index (χ2n) is 7.56. The number of hydrogen-bond acceptors (Lipinski definition) is 3. The molecule has 0 spiro atoms. The summed E-state index contributed by atoms with van der Waals surface area (Å²) in [4.78, 5) is 23.8. The van der Waals surface area contributed by atoms with Crippen LogP contribution >= 0.6 is 0 Å². The van der Waals surface area contributed by atoms with Gasteiger partial charge in [0.2, 0.25) is 0 Å². The van der Waals surface area contributed by atoms with Crippen molar-refractivity contribution >= 4 is 12.2 Å². The highest BCUT2D eigenvalue weighted by Gasteiger charge is 2.10. The largest absolute Gasteiger partial charge is 0.337 e. The van der Waals surface area contributed by atoms with Crippen LogP contribution in [0.25, 0.3) is 0 Å². The Morgan fingerprint density at radius 3 is 1.59 bits per heavy atom. The first-order chi connectivity index (χ1) is 16.6. The van der Waals surface area contributed by atoms with Gasteiger partial charge in [-0.2, -0.15) is 0 Å². The molecule has 0 atom stereocenters. The van der Waals surface area contributed by atoms with Gasteiger partial charge in [-0.3, -0.25) is 9.59 Å². The third-order valence-corrected chi connectivity index (χ3v) is 4.79. The van der Waals surface area contributed by atoms with Gasteiger partial charge in [-0.15, -0.1) is 0 Å². The van der Waals surface area contributed by atoms with Crippen LogP contribution in [0, 0.1) is 0 Å². The van der Waals surface area contributed by atoms with Gasteiger partial charge in [0, 0.05) is 31.3 Å². The minimum Gasteiger partial charge on any atom is -0.337 e. The van der Waals surface area contributed by atoms with E-state index in [9.17, 15) is 9.59 Å². The molecule has 4 aromatic carbocycles. The molecule has 174 valence electrons. The molecule has 0 aliphatic carbocycles. The van der Waals surface area contributed by atoms with Crippen molar-refractivity contribution in [1.29, 1.82) is 0 Å². The van der Waals surface area contributed by atoms with Gasteiger partial charge in [0.05, 0.1) is 0 Å². The lowest BCUT2D eigenvalue weighted by Gasteiger charge is -2.17. The normalized spacial score (nSPS) is 9.47. The number of hydrogen-bond donors (Lipinski definition) is 1. The Morgan fingerprint density at radius 2 is 1.15 bits per heavy atom. The maximum Gasteiger partial charge on any atom is 0.253 e. The number of amides is 1. The molecule has 0 aliphatic heterocycles. The lowest BCUT2D eigenvalue weighted by molar-refractivity contribution is 0.0785. The molecule has 4 nitrogen and oxygen atoms in total. The summed E-state index contributed by atoms with van der Waals surface area (Å²) in [6.45, 7) is 1.59. The van der Waals surface area contributed by atoms with Crippen LogP contribution in [-0.2, 0) is 13.1 Å². The monoisotopic (exact) mass is 452 g/mol. The predicted octanol–water partition coefficient (Wildman–Crippen LogP) is 5.86. The third kappa shape index (κ3) is 10.1. The van der Waals surface area contributed by atoms with Gasteiger partial charge in [0.1, 0.15) is 6.29 Å². The Kier molecular flexibility index (Phi) is 12.1. The summed E-state index contributed by atoms with van der Waals surface area (Å²) in [7, 11) is 3.77.